The van der Waals surface area contributed by atoms with Crippen LogP contribution in [0.25, 0.3) is 12.2 Å². The number of ether oxygens (including phenoxy) is 8. The highest BCUT2D eigenvalue weighted by Gasteiger charge is 2.34. The fourth-order valence-electron chi connectivity index (χ4n) is 12.0. The van der Waals surface area contributed by atoms with E-state index in [1.807, 2.05) is 70.8 Å². The summed E-state index contributed by atoms with van der Waals surface area (Å²) in [4.78, 5) is 69.4. The molecule has 3 fully saturated rings. The Morgan fingerprint density at radius 2 is 0.750 bits per heavy atom. The molecule has 18 nitrogen and oxygen atoms in total. The first kappa shape index (κ1) is 64.5. The van der Waals surface area contributed by atoms with Crippen LogP contribution < -0.4 is 37.9 Å². The molecule has 0 N–H and O–H groups in total. The molecule has 4 aromatic carbocycles. The zero-order chi connectivity index (χ0) is 61.5. The van der Waals surface area contributed by atoms with E-state index in [1.54, 1.807) is 74.7 Å². The molecule has 2 atom stereocenters. The summed E-state index contributed by atoms with van der Waals surface area (Å²) in [6.45, 7) is 5.63. The molecule has 5 aliphatic heterocycles. The lowest BCUT2D eigenvalue weighted by molar-refractivity contribution is -0.133. The van der Waals surface area contributed by atoms with Crippen molar-refractivity contribution in [1.82, 2.24) is 19.6 Å². The molecule has 0 radical (unpaired) electrons. The van der Waals surface area contributed by atoms with Gasteiger partial charge in [0, 0.05) is 76.0 Å². The van der Waals surface area contributed by atoms with Crippen molar-refractivity contribution in [2.24, 2.45) is 9.98 Å². The molecule has 3 saturated heterocycles. The van der Waals surface area contributed by atoms with Gasteiger partial charge in [0.05, 0.1) is 89.5 Å². The summed E-state index contributed by atoms with van der Waals surface area (Å²) in [5, 5.41) is 0. The predicted molar refractivity (Wildman–Crippen MR) is 343 cm³/mol. The topological polar surface area (TPSA) is 180 Å². The van der Waals surface area contributed by atoms with Gasteiger partial charge >= 0.3 is 0 Å². The minimum absolute atomic E-state index is 0.00813. The number of piperazine rings is 1. The standard InChI is InChI=1S/C70H90N6O12/c1-81-61-43-51(25-29-59(61)85-39-17-13-9-5-7-11-15-19-41-87-65-47-57-55(45-63(65)83-3)69(79)75-33-21-23-53(75)49-71-57)27-31-67(77)73-35-37-74(38-36-73)68(78)32-28-52-26-30-60(62(44-52)82-2)86-40-18-14-10-6-8-12-16-20-42-88-66-48-58-56(46-64(66)84-4)70(80)76-34-22-24-54(76)50-72-58/h25-32,43-50,53-54H,5-24,33-42H2,1-4H3/b31-27+,32-28+/t53-,54-/m0/s1. The second kappa shape index (κ2) is 33.4. The first-order valence-electron chi connectivity index (χ1n) is 32.1. The maximum atomic E-state index is 13.2. The van der Waals surface area contributed by atoms with E-state index in [4.69, 9.17) is 37.9 Å². The average Bonchev–Trinajstić information content (AvgIpc) is 3.02. The fraction of sp³-hybridized carbons (Fsp3) is 0.514. The van der Waals surface area contributed by atoms with Crippen LogP contribution in [0.15, 0.2) is 82.8 Å². The Labute approximate surface area is 519 Å². The minimum atomic E-state index is -0.109. The van der Waals surface area contributed by atoms with Gasteiger partial charge in [0.2, 0.25) is 11.8 Å². The van der Waals surface area contributed by atoms with Crippen LogP contribution in [0.3, 0.4) is 0 Å². The normalized spacial score (nSPS) is 17.0. The lowest BCUT2D eigenvalue weighted by Gasteiger charge is -2.33. The molecule has 5 heterocycles. The third-order valence-corrected chi connectivity index (χ3v) is 17.1. The third kappa shape index (κ3) is 17.6. The van der Waals surface area contributed by atoms with E-state index < -0.39 is 0 Å². The molecule has 0 aromatic heterocycles. The van der Waals surface area contributed by atoms with Crippen molar-refractivity contribution < 1.29 is 57.1 Å². The zero-order valence-corrected chi connectivity index (χ0v) is 52.2. The summed E-state index contributed by atoms with van der Waals surface area (Å²) < 4.78 is 46.9. The van der Waals surface area contributed by atoms with Crippen molar-refractivity contribution in [3.05, 3.63) is 95.1 Å². The van der Waals surface area contributed by atoms with Gasteiger partial charge in [-0.25, -0.2) is 0 Å². The predicted octanol–water partition coefficient (Wildman–Crippen LogP) is 12.9. The summed E-state index contributed by atoms with van der Waals surface area (Å²) in [5.74, 6) is 4.75. The second-order valence-corrected chi connectivity index (χ2v) is 23.2. The van der Waals surface area contributed by atoms with Gasteiger partial charge in [0.1, 0.15) is 0 Å². The van der Waals surface area contributed by atoms with Crippen LogP contribution in [0.5, 0.6) is 46.0 Å². The molecule has 9 rings (SSSR count). The molecule has 0 bridgehead atoms. The number of fused-ring (bicyclic) bond motifs is 4. The van der Waals surface area contributed by atoms with Crippen molar-refractivity contribution >= 4 is 59.6 Å². The maximum Gasteiger partial charge on any atom is 0.256 e. The molecule has 0 spiro atoms. The molecule has 5 aliphatic rings. The fourth-order valence-corrected chi connectivity index (χ4v) is 12.0. The molecule has 472 valence electrons. The van der Waals surface area contributed by atoms with E-state index in [0.29, 0.717) is 121 Å². The van der Waals surface area contributed by atoms with Crippen molar-refractivity contribution in [2.75, 3.05) is 94.1 Å². The number of hydrogen-bond acceptors (Lipinski definition) is 14. The van der Waals surface area contributed by atoms with Crippen molar-refractivity contribution in [2.45, 2.75) is 141 Å². The number of benzene rings is 4. The van der Waals surface area contributed by atoms with Gasteiger partial charge in [-0.2, -0.15) is 0 Å². The number of carbonyl (C=O) groups is 4. The van der Waals surface area contributed by atoms with E-state index in [-0.39, 0.29) is 35.7 Å². The first-order valence-corrected chi connectivity index (χ1v) is 32.1. The number of hydrogen-bond donors (Lipinski definition) is 0. The van der Waals surface area contributed by atoms with Gasteiger partial charge in [0.15, 0.2) is 46.0 Å². The number of carbonyl (C=O) groups excluding carboxylic acids is 4. The highest BCUT2D eigenvalue weighted by Crippen LogP contribution is 2.40. The van der Waals surface area contributed by atoms with E-state index in [2.05, 4.69) is 9.98 Å². The summed E-state index contributed by atoms with van der Waals surface area (Å²) in [7, 11) is 6.44. The van der Waals surface area contributed by atoms with Crippen LogP contribution >= 0.6 is 0 Å². The molecule has 0 saturated carbocycles. The highest BCUT2D eigenvalue weighted by molar-refractivity contribution is 6.04. The Hall–Kier alpha value is -8.02. The molecular formula is C70H90N6O12. The van der Waals surface area contributed by atoms with Crippen LogP contribution in [0, 0.1) is 0 Å². The summed E-state index contributed by atoms with van der Waals surface area (Å²) in [5.41, 5.74) is 4.08. The monoisotopic (exact) mass is 1210 g/mol. The van der Waals surface area contributed by atoms with Crippen LogP contribution in [0.2, 0.25) is 0 Å². The Morgan fingerprint density at radius 1 is 0.420 bits per heavy atom. The quantitative estimate of drug-likeness (QED) is 0.0319. The second-order valence-electron chi connectivity index (χ2n) is 23.2. The summed E-state index contributed by atoms with van der Waals surface area (Å²) >= 11 is 0. The molecule has 88 heavy (non-hydrogen) atoms. The Morgan fingerprint density at radius 3 is 1.10 bits per heavy atom. The van der Waals surface area contributed by atoms with Gasteiger partial charge in [0.25, 0.3) is 11.8 Å². The molecule has 0 unspecified atom stereocenters. The molecule has 18 heteroatoms. The summed E-state index contributed by atoms with van der Waals surface area (Å²) in [6, 6.07) is 18.7. The van der Waals surface area contributed by atoms with Crippen LogP contribution in [0.4, 0.5) is 11.4 Å². The maximum absolute atomic E-state index is 13.2. The third-order valence-electron chi connectivity index (χ3n) is 17.1. The lowest BCUT2D eigenvalue weighted by Crippen LogP contribution is -2.49. The number of unbranched alkanes of at least 4 members (excludes halogenated alkanes) is 14. The number of aliphatic imine (C=N–C) groups is 2. The van der Waals surface area contributed by atoms with Gasteiger partial charge in [-0.3, -0.25) is 29.2 Å². The lowest BCUT2D eigenvalue weighted by atomic mass is 10.1. The Kier molecular flexibility index (Phi) is 24.4. The first-order chi connectivity index (χ1) is 43.1. The van der Waals surface area contributed by atoms with E-state index in [9.17, 15) is 19.2 Å². The number of rotatable bonds is 34. The summed E-state index contributed by atoms with van der Waals surface area (Å²) in [6.07, 6.45) is 31.8. The number of amides is 4. The van der Waals surface area contributed by atoms with Crippen molar-refractivity contribution in [3.8, 4) is 46.0 Å². The zero-order valence-electron chi connectivity index (χ0n) is 52.2. The largest absolute Gasteiger partial charge is 0.493 e. The minimum Gasteiger partial charge on any atom is -0.493 e. The molecule has 4 amide bonds. The van der Waals surface area contributed by atoms with Gasteiger partial charge in [-0.15, -0.1) is 0 Å². The Bertz CT molecular complexity index is 2910. The molecule has 4 aromatic rings. The van der Waals surface area contributed by atoms with Crippen LogP contribution in [0.1, 0.15) is 160 Å². The van der Waals surface area contributed by atoms with Crippen LogP contribution in [-0.4, -0.2) is 162 Å². The highest BCUT2D eigenvalue weighted by atomic mass is 16.5. The number of methoxy groups -OCH3 is 4. The Balaban J connectivity index is 0.582. The smallest absolute Gasteiger partial charge is 0.256 e. The van der Waals surface area contributed by atoms with E-state index in [1.165, 1.54) is 25.7 Å². The van der Waals surface area contributed by atoms with Gasteiger partial charge in [-0.1, -0.05) is 89.2 Å². The molecular weight excluding hydrogens is 1120 g/mol. The number of nitrogens with zero attached hydrogens (tertiary/aromatic N) is 6. The van der Waals surface area contributed by atoms with Crippen molar-refractivity contribution in [3.63, 3.8) is 0 Å². The SMILES string of the molecule is COc1cc(/C=C/C(=O)N2CCN(C(=O)/C=C/c3ccc(OCCCCCCCCCCOc4cc5c(cc4OC)C(=O)N4CCC[C@H]4C=N5)c(OC)c3)CC2)ccc1OCCCCCCCCCCOc1cc2c(cc1OC)C(=O)N1CCC[C@H]1C=N2. The van der Waals surface area contributed by atoms with Gasteiger partial charge < -0.3 is 57.5 Å². The van der Waals surface area contributed by atoms with E-state index >= 15 is 0 Å². The molecule has 0 aliphatic carbocycles. The van der Waals surface area contributed by atoms with Crippen molar-refractivity contribution in [1.29, 1.82) is 0 Å². The van der Waals surface area contributed by atoms with Gasteiger partial charge in [-0.05, 0) is 111 Å². The van der Waals surface area contributed by atoms with E-state index in [0.717, 1.165) is 127 Å². The average molecular weight is 1210 g/mol. The van der Waals surface area contributed by atoms with Crippen LogP contribution in [-0.2, 0) is 9.59 Å².